The molecule has 90 valence electrons. The van der Waals surface area contributed by atoms with Gasteiger partial charge in [0.15, 0.2) is 0 Å². The van der Waals surface area contributed by atoms with Crippen molar-refractivity contribution in [2.45, 2.75) is 18.9 Å². The molecule has 4 nitrogen and oxygen atoms in total. The summed E-state index contributed by atoms with van der Waals surface area (Å²) in [5.74, 6) is -1.17. The van der Waals surface area contributed by atoms with Gasteiger partial charge in [-0.3, -0.25) is 4.79 Å². The highest BCUT2D eigenvalue weighted by Gasteiger charge is 2.37. The first-order valence-corrected chi connectivity index (χ1v) is 6.45. The summed E-state index contributed by atoms with van der Waals surface area (Å²) in [6, 6.07) is 6.29. The molecule has 0 aliphatic heterocycles. The highest BCUT2D eigenvalue weighted by molar-refractivity contribution is 14.1. The van der Waals surface area contributed by atoms with Crippen molar-refractivity contribution >= 4 is 34.5 Å². The Hall–Kier alpha value is -1.11. The van der Waals surface area contributed by atoms with E-state index in [1.807, 2.05) is 12.1 Å². The molecule has 1 amide bonds. The van der Waals surface area contributed by atoms with Crippen LogP contribution in [0.3, 0.4) is 0 Å². The summed E-state index contributed by atoms with van der Waals surface area (Å²) in [5.41, 5.74) is 0.498. The molecule has 0 bridgehead atoms. The Labute approximate surface area is 113 Å². The molecule has 1 unspecified atom stereocenters. The average Bonchev–Trinajstić information content (AvgIpc) is 3.10. The summed E-state index contributed by atoms with van der Waals surface area (Å²) in [7, 11) is 0. The zero-order valence-corrected chi connectivity index (χ0v) is 11.2. The number of carbonyl (C=O) groups is 2. The molecule has 2 N–H and O–H groups in total. The van der Waals surface area contributed by atoms with Gasteiger partial charge in [-0.2, -0.15) is 0 Å². The Bertz CT molecular complexity index is 440. The SMILES string of the molecule is O=C(NC(C(=O)O)C1CC1)c1ccc(I)cc1. The molecule has 5 heteroatoms. The Balaban J connectivity index is 2.04. The summed E-state index contributed by atoms with van der Waals surface area (Å²) in [4.78, 5) is 22.8. The van der Waals surface area contributed by atoms with Gasteiger partial charge in [-0.1, -0.05) is 0 Å². The topological polar surface area (TPSA) is 66.4 Å². The van der Waals surface area contributed by atoms with Gasteiger partial charge in [-0.15, -0.1) is 0 Å². The van der Waals surface area contributed by atoms with Crippen molar-refractivity contribution in [2.24, 2.45) is 5.92 Å². The van der Waals surface area contributed by atoms with Gasteiger partial charge in [0.05, 0.1) is 0 Å². The van der Waals surface area contributed by atoms with Gasteiger partial charge in [-0.05, 0) is 65.6 Å². The normalized spacial score (nSPS) is 16.3. The van der Waals surface area contributed by atoms with E-state index in [-0.39, 0.29) is 11.8 Å². The van der Waals surface area contributed by atoms with Gasteiger partial charge in [0, 0.05) is 9.13 Å². The first-order valence-electron chi connectivity index (χ1n) is 5.37. The maximum atomic E-state index is 11.8. The summed E-state index contributed by atoms with van der Waals surface area (Å²) in [6.07, 6.45) is 1.76. The van der Waals surface area contributed by atoms with Crippen molar-refractivity contribution in [3.63, 3.8) is 0 Å². The molecule has 17 heavy (non-hydrogen) atoms. The van der Waals surface area contributed by atoms with Crippen LogP contribution in [0, 0.1) is 9.49 Å². The number of carbonyl (C=O) groups excluding carboxylic acids is 1. The number of aliphatic carboxylic acids is 1. The maximum Gasteiger partial charge on any atom is 0.326 e. The van der Waals surface area contributed by atoms with E-state index in [2.05, 4.69) is 27.9 Å². The van der Waals surface area contributed by atoms with Crippen LogP contribution in [0.4, 0.5) is 0 Å². The standard InChI is InChI=1S/C12H12INO3/c13-9-5-3-8(4-6-9)11(15)14-10(12(16)17)7-1-2-7/h3-7,10H,1-2H2,(H,14,15)(H,16,17). The van der Waals surface area contributed by atoms with Gasteiger partial charge < -0.3 is 10.4 Å². The Morgan fingerprint density at radius 2 is 1.88 bits per heavy atom. The minimum absolute atomic E-state index is 0.0975. The van der Waals surface area contributed by atoms with E-state index in [0.717, 1.165) is 16.4 Å². The van der Waals surface area contributed by atoms with E-state index in [9.17, 15) is 9.59 Å². The highest BCUT2D eigenvalue weighted by Crippen LogP contribution is 2.32. The highest BCUT2D eigenvalue weighted by atomic mass is 127. The van der Waals surface area contributed by atoms with Crippen molar-refractivity contribution in [1.82, 2.24) is 5.32 Å². The van der Waals surface area contributed by atoms with Gasteiger partial charge in [0.2, 0.25) is 0 Å². The van der Waals surface area contributed by atoms with Crippen LogP contribution in [0.2, 0.25) is 0 Å². The summed E-state index contributed by atoms with van der Waals surface area (Å²) < 4.78 is 1.04. The predicted octanol–water partition coefficient (Wildman–Crippen LogP) is 1.88. The fourth-order valence-electron chi connectivity index (χ4n) is 1.64. The van der Waals surface area contributed by atoms with Crippen LogP contribution in [0.1, 0.15) is 23.2 Å². The van der Waals surface area contributed by atoms with E-state index in [4.69, 9.17) is 5.11 Å². The lowest BCUT2D eigenvalue weighted by Crippen LogP contribution is -2.42. The molecule has 0 saturated heterocycles. The zero-order valence-electron chi connectivity index (χ0n) is 9.02. The smallest absolute Gasteiger partial charge is 0.326 e. The fourth-order valence-corrected chi connectivity index (χ4v) is 2.00. The molecule has 1 fully saturated rings. The average molecular weight is 345 g/mol. The first kappa shape index (κ1) is 12.3. The van der Waals surface area contributed by atoms with Crippen molar-refractivity contribution in [3.8, 4) is 0 Å². The molecular weight excluding hydrogens is 333 g/mol. The van der Waals surface area contributed by atoms with Crippen LogP contribution in [0.15, 0.2) is 24.3 Å². The predicted molar refractivity (Wildman–Crippen MR) is 70.8 cm³/mol. The van der Waals surface area contributed by atoms with Crippen LogP contribution >= 0.6 is 22.6 Å². The number of carboxylic acid groups (broad SMARTS) is 1. The van der Waals surface area contributed by atoms with Crippen molar-refractivity contribution in [2.75, 3.05) is 0 Å². The van der Waals surface area contributed by atoms with Crippen molar-refractivity contribution in [3.05, 3.63) is 33.4 Å². The van der Waals surface area contributed by atoms with E-state index < -0.39 is 12.0 Å². The second-order valence-electron chi connectivity index (χ2n) is 4.13. The van der Waals surface area contributed by atoms with Gasteiger partial charge in [0.25, 0.3) is 5.91 Å². The summed E-state index contributed by atoms with van der Waals surface area (Å²) >= 11 is 2.15. The van der Waals surface area contributed by atoms with E-state index in [1.54, 1.807) is 12.1 Å². The molecule has 0 aromatic heterocycles. The lowest BCUT2D eigenvalue weighted by Gasteiger charge is -2.13. The Kier molecular flexibility index (Phi) is 3.66. The van der Waals surface area contributed by atoms with Crippen molar-refractivity contribution < 1.29 is 14.7 Å². The number of halogens is 1. The molecule has 2 rings (SSSR count). The molecule has 1 atom stereocenters. The molecule has 1 aromatic carbocycles. The molecule has 0 spiro atoms. The van der Waals surface area contributed by atoms with Gasteiger partial charge in [-0.25, -0.2) is 4.79 Å². The second-order valence-corrected chi connectivity index (χ2v) is 5.38. The third kappa shape index (κ3) is 3.18. The quantitative estimate of drug-likeness (QED) is 0.819. The molecule has 0 radical (unpaired) electrons. The van der Waals surface area contributed by atoms with Crippen LogP contribution in [-0.4, -0.2) is 23.0 Å². The number of amides is 1. The lowest BCUT2D eigenvalue weighted by atomic mass is 10.1. The molecule has 1 aliphatic carbocycles. The molecule has 1 aromatic rings. The number of hydrogen-bond acceptors (Lipinski definition) is 2. The van der Waals surface area contributed by atoms with Crippen LogP contribution < -0.4 is 5.32 Å². The third-order valence-corrected chi connectivity index (χ3v) is 3.47. The largest absolute Gasteiger partial charge is 0.480 e. The molecular formula is C12H12INO3. The minimum atomic E-state index is -0.952. The Morgan fingerprint density at radius 3 is 2.35 bits per heavy atom. The number of rotatable bonds is 4. The number of benzene rings is 1. The summed E-state index contributed by atoms with van der Waals surface area (Å²) in [6.45, 7) is 0. The van der Waals surface area contributed by atoms with Gasteiger partial charge in [0.1, 0.15) is 6.04 Å². The zero-order chi connectivity index (χ0) is 12.4. The Morgan fingerprint density at radius 1 is 1.29 bits per heavy atom. The molecule has 1 aliphatic rings. The second kappa shape index (κ2) is 5.03. The maximum absolute atomic E-state index is 11.8. The molecule has 1 saturated carbocycles. The lowest BCUT2D eigenvalue weighted by molar-refractivity contribution is -0.139. The number of hydrogen-bond donors (Lipinski definition) is 2. The van der Waals surface area contributed by atoms with E-state index in [1.165, 1.54) is 0 Å². The number of nitrogens with one attached hydrogen (secondary N) is 1. The first-order chi connectivity index (χ1) is 8.08. The monoisotopic (exact) mass is 345 g/mol. The molecule has 0 heterocycles. The summed E-state index contributed by atoms with van der Waals surface area (Å²) in [5, 5.41) is 11.6. The van der Waals surface area contributed by atoms with Crippen LogP contribution in [-0.2, 0) is 4.79 Å². The third-order valence-electron chi connectivity index (χ3n) is 2.75. The fraction of sp³-hybridized carbons (Fsp3) is 0.333. The van der Waals surface area contributed by atoms with E-state index >= 15 is 0 Å². The van der Waals surface area contributed by atoms with E-state index in [0.29, 0.717) is 5.56 Å². The van der Waals surface area contributed by atoms with Gasteiger partial charge >= 0.3 is 5.97 Å². The van der Waals surface area contributed by atoms with Crippen LogP contribution in [0.25, 0.3) is 0 Å². The minimum Gasteiger partial charge on any atom is -0.480 e. The van der Waals surface area contributed by atoms with Crippen LogP contribution in [0.5, 0.6) is 0 Å². The van der Waals surface area contributed by atoms with Crippen molar-refractivity contribution in [1.29, 1.82) is 0 Å². The number of carboxylic acids is 1.